The van der Waals surface area contributed by atoms with E-state index in [1.165, 1.54) is 18.4 Å². The molecule has 1 heterocycles. The Bertz CT molecular complexity index is 688. The molecule has 1 fully saturated rings. The summed E-state index contributed by atoms with van der Waals surface area (Å²) in [6.07, 6.45) is 7.94. The van der Waals surface area contributed by atoms with Crippen LogP contribution in [0.1, 0.15) is 61.4 Å². The molecule has 1 aliphatic carbocycles. The number of nitrogens with one attached hydrogen (secondary N) is 2. The molecule has 1 aromatic heterocycles. The molecular weight excluding hydrogens is 298 g/mol. The van der Waals surface area contributed by atoms with E-state index in [0.717, 1.165) is 24.2 Å². The predicted molar refractivity (Wildman–Crippen MR) is 97.8 cm³/mol. The summed E-state index contributed by atoms with van der Waals surface area (Å²) in [5.41, 5.74) is 3.73. The average molecular weight is 323 g/mol. The summed E-state index contributed by atoms with van der Waals surface area (Å²) in [5, 5.41) is 6.42. The van der Waals surface area contributed by atoms with Gasteiger partial charge in [0.25, 0.3) is 5.91 Å². The maximum absolute atomic E-state index is 12.3. The standard InChI is InChI=1S/C20H25N3O/c1-14(2)15-7-9-18(10-8-15)22-19-11-16(12-21-13-19)20(24)23-17-5-3-4-6-17/h7-14,17,22H,3-6H2,1-2H3,(H,23,24). The van der Waals surface area contributed by atoms with Gasteiger partial charge in [0, 0.05) is 17.9 Å². The molecule has 0 spiro atoms. The Labute approximate surface area is 143 Å². The van der Waals surface area contributed by atoms with Crippen LogP contribution in [-0.4, -0.2) is 16.9 Å². The number of rotatable bonds is 5. The van der Waals surface area contributed by atoms with Crippen LogP contribution in [0.15, 0.2) is 42.7 Å². The monoisotopic (exact) mass is 323 g/mol. The van der Waals surface area contributed by atoms with Crippen molar-refractivity contribution in [3.8, 4) is 0 Å². The number of carbonyl (C=O) groups is 1. The lowest BCUT2D eigenvalue weighted by molar-refractivity contribution is 0.0937. The van der Waals surface area contributed by atoms with Crippen LogP contribution in [0.2, 0.25) is 0 Å². The van der Waals surface area contributed by atoms with Crippen molar-refractivity contribution < 1.29 is 4.79 Å². The van der Waals surface area contributed by atoms with Crippen molar-refractivity contribution in [2.75, 3.05) is 5.32 Å². The maximum Gasteiger partial charge on any atom is 0.253 e. The molecule has 0 atom stereocenters. The summed E-state index contributed by atoms with van der Waals surface area (Å²) in [6, 6.07) is 10.5. The highest BCUT2D eigenvalue weighted by Gasteiger charge is 2.18. The minimum absolute atomic E-state index is 0.0341. The smallest absolute Gasteiger partial charge is 0.253 e. The number of nitrogens with zero attached hydrogens (tertiary/aromatic N) is 1. The van der Waals surface area contributed by atoms with Crippen LogP contribution in [0.5, 0.6) is 0 Å². The third-order valence-electron chi connectivity index (χ3n) is 4.56. The fourth-order valence-corrected chi connectivity index (χ4v) is 3.09. The first kappa shape index (κ1) is 16.5. The molecule has 1 aromatic carbocycles. The minimum Gasteiger partial charge on any atom is -0.354 e. The van der Waals surface area contributed by atoms with Gasteiger partial charge in [-0.05, 0) is 42.5 Å². The zero-order chi connectivity index (χ0) is 16.9. The van der Waals surface area contributed by atoms with E-state index < -0.39 is 0 Å². The number of benzene rings is 1. The Morgan fingerprint density at radius 3 is 2.46 bits per heavy atom. The Morgan fingerprint density at radius 1 is 1.08 bits per heavy atom. The van der Waals surface area contributed by atoms with Gasteiger partial charge in [-0.3, -0.25) is 9.78 Å². The first-order valence-electron chi connectivity index (χ1n) is 8.75. The molecule has 4 nitrogen and oxygen atoms in total. The normalized spacial score (nSPS) is 14.8. The fourth-order valence-electron chi connectivity index (χ4n) is 3.09. The molecule has 4 heteroatoms. The molecule has 0 radical (unpaired) electrons. The molecule has 0 unspecified atom stereocenters. The van der Waals surface area contributed by atoms with Crippen molar-refractivity contribution in [3.63, 3.8) is 0 Å². The summed E-state index contributed by atoms with van der Waals surface area (Å²) in [6.45, 7) is 4.36. The van der Waals surface area contributed by atoms with E-state index in [4.69, 9.17) is 0 Å². The highest BCUT2D eigenvalue weighted by Crippen LogP contribution is 2.21. The lowest BCUT2D eigenvalue weighted by atomic mass is 10.0. The predicted octanol–water partition coefficient (Wildman–Crippen LogP) is 4.62. The van der Waals surface area contributed by atoms with Crippen LogP contribution in [0.3, 0.4) is 0 Å². The fraction of sp³-hybridized carbons (Fsp3) is 0.400. The quantitative estimate of drug-likeness (QED) is 0.844. The number of anilines is 2. The van der Waals surface area contributed by atoms with Crippen LogP contribution < -0.4 is 10.6 Å². The second kappa shape index (κ2) is 7.47. The molecule has 24 heavy (non-hydrogen) atoms. The van der Waals surface area contributed by atoms with Crippen molar-refractivity contribution in [3.05, 3.63) is 53.9 Å². The summed E-state index contributed by atoms with van der Waals surface area (Å²) < 4.78 is 0. The maximum atomic E-state index is 12.3. The van der Waals surface area contributed by atoms with E-state index in [-0.39, 0.29) is 5.91 Å². The zero-order valence-electron chi connectivity index (χ0n) is 14.4. The molecule has 0 bridgehead atoms. The van der Waals surface area contributed by atoms with Crippen molar-refractivity contribution in [2.45, 2.75) is 51.5 Å². The molecule has 2 aromatic rings. The summed E-state index contributed by atoms with van der Waals surface area (Å²) in [7, 11) is 0. The van der Waals surface area contributed by atoms with Gasteiger partial charge in [-0.25, -0.2) is 0 Å². The third kappa shape index (κ3) is 4.13. The van der Waals surface area contributed by atoms with Crippen LogP contribution in [-0.2, 0) is 0 Å². The molecule has 1 saturated carbocycles. The van der Waals surface area contributed by atoms with Gasteiger partial charge in [-0.2, -0.15) is 0 Å². The van der Waals surface area contributed by atoms with E-state index in [1.807, 2.05) is 6.07 Å². The Balaban J connectivity index is 1.67. The second-order valence-corrected chi connectivity index (χ2v) is 6.82. The van der Waals surface area contributed by atoms with E-state index in [1.54, 1.807) is 12.4 Å². The van der Waals surface area contributed by atoms with Crippen LogP contribution in [0.4, 0.5) is 11.4 Å². The van der Waals surface area contributed by atoms with Gasteiger partial charge in [0.1, 0.15) is 0 Å². The van der Waals surface area contributed by atoms with E-state index >= 15 is 0 Å². The molecule has 0 saturated heterocycles. The number of hydrogen-bond acceptors (Lipinski definition) is 3. The van der Waals surface area contributed by atoms with Gasteiger partial charge in [-0.15, -0.1) is 0 Å². The average Bonchev–Trinajstić information content (AvgIpc) is 3.08. The molecule has 126 valence electrons. The number of carbonyl (C=O) groups excluding carboxylic acids is 1. The number of pyridine rings is 1. The van der Waals surface area contributed by atoms with Crippen LogP contribution in [0, 0.1) is 0 Å². The first-order chi connectivity index (χ1) is 11.6. The SMILES string of the molecule is CC(C)c1ccc(Nc2cncc(C(=O)NC3CCCC3)c2)cc1. The van der Waals surface area contributed by atoms with Gasteiger partial charge in [0.15, 0.2) is 0 Å². The van der Waals surface area contributed by atoms with E-state index in [2.05, 4.69) is 53.7 Å². The summed E-state index contributed by atoms with van der Waals surface area (Å²) >= 11 is 0. The summed E-state index contributed by atoms with van der Waals surface area (Å²) in [5.74, 6) is 0.483. The Hall–Kier alpha value is -2.36. The minimum atomic E-state index is -0.0341. The van der Waals surface area contributed by atoms with Gasteiger partial charge >= 0.3 is 0 Å². The zero-order valence-corrected chi connectivity index (χ0v) is 14.4. The lowest BCUT2D eigenvalue weighted by Gasteiger charge is -2.13. The van der Waals surface area contributed by atoms with Gasteiger partial charge < -0.3 is 10.6 Å². The van der Waals surface area contributed by atoms with E-state index in [9.17, 15) is 4.79 Å². The molecule has 3 rings (SSSR count). The van der Waals surface area contributed by atoms with Crippen molar-refractivity contribution in [1.29, 1.82) is 0 Å². The summed E-state index contributed by atoms with van der Waals surface area (Å²) in [4.78, 5) is 16.5. The second-order valence-electron chi connectivity index (χ2n) is 6.82. The highest BCUT2D eigenvalue weighted by molar-refractivity contribution is 5.95. The van der Waals surface area contributed by atoms with Crippen LogP contribution >= 0.6 is 0 Å². The molecular formula is C20H25N3O. The topological polar surface area (TPSA) is 54.0 Å². The third-order valence-corrected chi connectivity index (χ3v) is 4.56. The number of hydrogen-bond donors (Lipinski definition) is 2. The number of aromatic nitrogens is 1. The van der Waals surface area contributed by atoms with Gasteiger partial charge in [-0.1, -0.05) is 38.8 Å². The van der Waals surface area contributed by atoms with Gasteiger partial charge in [0.05, 0.1) is 17.4 Å². The largest absolute Gasteiger partial charge is 0.354 e. The number of amides is 1. The molecule has 0 aliphatic heterocycles. The van der Waals surface area contributed by atoms with Crippen molar-refractivity contribution in [1.82, 2.24) is 10.3 Å². The molecule has 1 amide bonds. The highest BCUT2D eigenvalue weighted by atomic mass is 16.1. The Kier molecular flexibility index (Phi) is 5.14. The first-order valence-corrected chi connectivity index (χ1v) is 8.75. The van der Waals surface area contributed by atoms with E-state index in [0.29, 0.717) is 17.5 Å². The van der Waals surface area contributed by atoms with Gasteiger partial charge in [0.2, 0.25) is 0 Å². The lowest BCUT2D eigenvalue weighted by Crippen LogP contribution is -2.32. The van der Waals surface area contributed by atoms with Crippen molar-refractivity contribution >= 4 is 17.3 Å². The van der Waals surface area contributed by atoms with Crippen LogP contribution in [0.25, 0.3) is 0 Å². The molecule has 1 aliphatic rings. The Morgan fingerprint density at radius 2 is 1.79 bits per heavy atom. The molecule has 2 N–H and O–H groups in total. The van der Waals surface area contributed by atoms with Crippen molar-refractivity contribution in [2.24, 2.45) is 0 Å².